The van der Waals surface area contributed by atoms with Gasteiger partial charge in [-0.25, -0.2) is 4.98 Å². The fourth-order valence-corrected chi connectivity index (χ4v) is 3.47. The third-order valence-electron chi connectivity index (χ3n) is 4.27. The minimum absolute atomic E-state index is 0.0917. The molecule has 0 spiro atoms. The molecule has 0 bridgehead atoms. The molecule has 2 aromatic rings. The molecule has 23 heavy (non-hydrogen) atoms. The number of aryl methyl sites for hydroxylation is 1. The topological polar surface area (TPSA) is 54.4 Å². The van der Waals surface area contributed by atoms with Gasteiger partial charge in [-0.2, -0.15) is 0 Å². The molecule has 0 amide bonds. The lowest BCUT2D eigenvalue weighted by Crippen LogP contribution is -2.34. The van der Waals surface area contributed by atoms with Crippen molar-refractivity contribution in [1.29, 1.82) is 0 Å². The highest BCUT2D eigenvalue weighted by Gasteiger charge is 2.18. The highest BCUT2D eigenvalue weighted by Crippen LogP contribution is 2.19. The van der Waals surface area contributed by atoms with Crippen LogP contribution >= 0.6 is 11.3 Å². The lowest BCUT2D eigenvalue weighted by Gasteiger charge is -2.26. The van der Waals surface area contributed by atoms with E-state index >= 15 is 0 Å². The van der Waals surface area contributed by atoms with Crippen molar-refractivity contribution in [2.24, 2.45) is 0 Å². The number of ether oxygens (including phenoxy) is 1. The molecule has 0 radical (unpaired) electrons. The quantitative estimate of drug-likeness (QED) is 0.851. The van der Waals surface area contributed by atoms with Crippen LogP contribution in [0.1, 0.15) is 41.9 Å². The molecule has 1 aliphatic carbocycles. The van der Waals surface area contributed by atoms with Crippen LogP contribution in [0.5, 0.6) is 5.75 Å². The number of hydrogen-bond acceptors (Lipinski definition) is 5. The maximum atomic E-state index is 9.53. The zero-order valence-corrected chi connectivity index (χ0v) is 14.3. The summed E-state index contributed by atoms with van der Waals surface area (Å²) in [6, 6.07) is 8.77. The zero-order valence-electron chi connectivity index (χ0n) is 13.5. The largest absolute Gasteiger partial charge is 0.487 e. The van der Waals surface area contributed by atoms with Gasteiger partial charge < -0.3 is 15.2 Å². The number of rotatable bonds is 6. The average molecular weight is 332 g/mol. The Kier molecular flexibility index (Phi) is 5.65. The van der Waals surface area contributed by atoms with Crippen molar-refractivity contribution in [2.45, 2.75) is 57.9 Å². The smallest absolute Gasteiger partial charge is 0.131 e. The summed E-state index contributed by atoms with van der Waals surface area (Å²) in [5, 5.41) is 16.2. The van der Waals surface area contributed by atoms with Crippen molar-refractivity contribution < 1.29 is 9.84 Å². The molecule has 1 saturated carbocycles. The van der Waals surface area contributed by atoms with Crippen LogP contribution in [-0.2, 0) is 13.2 Å². The predicted molar refractivity (Wildman–Crippen MR) is 92.7 cm³/mol. The number of nitrogens with zero attached hydrogens (tertiary/aromatic N) is 1. The van der Waals surface area contributed by atoms with Gasteiger partial charge in [0.05, 0.1) is 16.8 Å². The van der Waals surface area contributed by atoms with Crippen molar-refractivity contribution >= 4 is 11.3 Å². The molecule has 1 heterocycles. The molecule has 0 atom stereocenters. The number of aliphatic hydroxyl groups is 1. The number of thiazole rings is 1. The van der Waals surface area contributed by atoms with Gasteiger partial charge in [0.15, 0.2) is 0 Å². The summed E-state index contributed by atoms with van der Waals surface area (Å²) in [5.74, 6) is 0.875. The first-order valence-electron chi connectivity index (χ1n) is 8.23. The summed E-state index contributed by atoms with van der Waals surface area (Å²) in [6.07, 6.45) is 3.87. The number of aromatic nitrogens is 1. The fraction of sp³-hybridized carbons (Fsp3) is 0.500. The van der Waals surface area contributed by atoms with Crippen LogP contribution < -0.4 is 10.1 Å². The third kappa shape index (κ3) is 5.03. The van der Waals surface area contributed by atoms with E-state index in [9.17, 15) is 5.11 Å². The Morgan fingerprint density at radius 1 is 1.22 bits per heavy atom. The molecule has 1 fully saturated rings. The molecule has 1 aliphatic rings. The van der Waals surface area contributed by atoms with Gasteiger partial charge >= 0.3 is 0 Å². The van der Waals surface area contributed by atoms with Crippen LogP contribution in [0.3, 0.4) is 0 Å². The standard InChI is InChI=1S/C18H24N2O2S/c1-13-20-16(12-23-13)11-22-18-8-2-14(3-9-18)10-19-15-4-6-17(21)7-5-15/h2-3,8-9,12,15,17,19,21H,4-7,10-11H2,1H3. The lowest BCUT2D eigenvalue weighted by atomic mass is 9.93. The van der Waals surface area contributed by atoms with Crippen LogP contribution in [0, 0.1) is 6.92 Å². The van der Waals surface area contributed by atoms with Gasteiger partial charge in [0.1, 0.15) is 12.4 Å². The Morgan fingerprint density at radius 3 is 2.61 bits per heavy atom. The summed E-state index contributed by atoms with van der Waals surface area (Å²) in [5.41, 5.74) is 2.24. The van der Waals surface area contributed by atoms with E-state index in [0.717, 1.165) is 48.7 Å². The van der Waals surface area contributed by atoms with Gasteiger partial charge in [0.2, 0.25) is 0 Å². The molecule has 5 heteroatoms. The Balaban J connectivity index is 1.43. The second-order valence-corrected chi connectivity index (χ2v) is 7.24. The Bertz CT molecular complexity index is 604. The molecule has 0 saturated heterocycles. The first kappa shape index (κ1) is 16.4. The minimum Gasteiger partial charge on any atom is -0.487 e. The minimum atomic E-state index is -0.0917. The van der Waals surface area contributed by atoms with E-state index in [2.05, 4.69) is 22.4 Å². The van der Waals surface area contributed by atoms with E-state index in [4.69, 9.17) is 4.74 Å². The number of benzene rings is 1. The highest BCUT2D eigenvalue weighted by molar-refractivity contribution is 7.09. The van der Waals surface area contributed by atoms with E-state index in [0.29, 0.717) is 12.6 Å². The van der Waals surface area contributed by atoms with Gasteiger partial charge in [0, 0.05) is 18.0 Å². The van der Waals surface area contributed by atoms with Crippen LogP contribution in [0.25, 0.3) is 0 Å². The molecule has 3 rings (SSSR count). The molecule has 4 nitrogen and oxygen atoms in total. The summed E-state index contributed by atoms with van der Waals surface area (Å²) in [7, 11) is 0. The van der Waals surface area contributed by atoms with E-state index in [1.807, 2.05) is 24.4 Å². The molecule has 0 unspecified atom stereocenters. The highest BCUT2D eigenvalue weighted by atomic mass is 32.1. The molecular weight excluding hydrogens is 308 g/mol. The van der Waals surface area contributed by atoms with Crippen molar-refractivity contribution in [3.8, 4) is 5.75 Å². The summed E-state index contributed by atoms with van der Waals surface area (Å²) < 4.78 is 5.76. The van der Waals surface area contributed by atoms with Gasteiger partial charge in [0.25, 0.3) is 0 Å². The summed E-state index contributed by atoms with van der Waals surface area (Å²) in [6.45, 7) is 3.39. The van der Waals surface area contributed by atoms with E-state index in [1.54, 1.807) is 11.3 Å². The number of hydrogen-bond donors (Lipinski definition) is 2. The fourth-order valence-electron chi connectivity index (χ4n) is 2.88. The van der Waals surface area contributed by atoms with Gasteiger partial charge in [-0.15, -0.1) is 11.3 Å². The van der Waals surface area contributed by atoms with Crippen LogP contribution in [-0.4, -0.2) is 22.2 Å². The van der Waals surface area contributed by atoms with E-state index in [1.165, 1.54) is 5.56 Å². The van der Waals surface area contributed by atoms with Gasteiger partial charge in [-0.3, -0.25) is 0 Å². The van der Waals surface area contributed by atoms with E-state index < -0.39 is 0 Å². The maximum Gasteiger partial charge on any atom is 0.131 e. The average Bonchev–Trinajstić information content (AvgIpc) is 2.99. The first-order valence-corrected chi connectivity index (χ1v) is 9.11. The second kappa shape index (κ2) is 7.90. The van der Waals surface area contributed by atoms with Crippen LogP contribution in [0.2, 0.25) is 0 Å². The molecule has 1 aromatic carbocycles. The number of nitrogens with one attached hydrogen (secondary N) is 1. The van der Waals surface area contributed by atoms with Gasteiger partial charge in [-0.1, -0.05) is 12.1 Å². The normalized spacial score (nSPS) is 21.3. The van der Waals surface area contributed by atoms with Crippen molar-refractivity contribution in [3.63, 3.8) is 0 Å². The molecule has 2 N–H and O–H groups in total. The summed E-state index contributed by atoms with van der Waals surface area (Å²) >= 11 is 1.65. The van der Waals surface area contributed by atoms with Crippen LogP contribution in [0.4, 0.5) is 0 Å². The lowest BCUT2D eigenvalue weighted by molar-refractivity contribution is 0.116. The molecule has 1 aromatic heterocycles. The van der Waals surface area contributed by atoms with Crippen molar-refractivity contribution in [1.82, 2.24) is 10.3 Å². The zero-order chi connectivity index (χ0) is 16.1. The predicted octanol–water partition coefficient (Wildman–Crippen LogP) is 3.42. The third-order valence-corrected chi connectivity index (χ3v) is 5.09. The Labute approximate surface area is 141 Å². The molecule has 124 valence electrons. The Hall–Kier alpha value is -1.43. The maximum absolute atomic E-state index is 9.53. The van der Waals surface area contributed by atoms with Crippen LogP contribution in [0.15, 0.2) is 29.6 Å². The van der Waals surface area contributed by atoms with Crippen molar-refractivity contribution in [2.75, 3.05) is 0 Å². The van der Waals surface area contributed by atoms with Crippen molar-refractivity contribution in [3.05, 3.63) is 45.9 Å². The summed E-state index contributed by atoms with van der Waals surface area (Å²) in [4.78, 5) is 4.40. The second-order valence-electron chi connectivity index (χ2n) is 6.18. The monoisotopic (exact) mass is 332 g/mol. The first-order chi connectivity index (χ1) is 11.2. The SMILES string of the molecule is Cc1nc(COc2ccc(CNC3CCC(O)CC3)cc2)cs1. The number of aliphatic hydroxyl groups excluding tert-OH is 1. The van der Waals surface area contributed by atoms with Gasteiger partial charge in [-0.05, 0) is 50.3 Å². The Morgan fingerprint density at radius 2 is 1.96 bits per heavy atom. The molecular formula is C18H24N2O2S. The van der Waals surface area contributed by atoms with E-state index in [-0.39, 0.29) is 6.10 Å². The molecule has 0 aliphatic heterocycles.